The van der Waals surface area contributed by atoms with E-state index >= 15 is 0 Å². The average Bonchev–Trinajstić information content (AvgIpc) is 2.77. The number of anilines is 1. The summed E-state index contributed by atoms with van der Waals surface area (Å²) >= 11 is 2.34. The van der Waals surface area contributed by atoms with Gasteiger partial charge in [0.05, 0.1) is 18.7 Å². The monoisotopic (exact) mass is 492 g/mol. The zero-order chi connectivity index (χ0) is 19.3. The zero-order valence-electron chi connectivity index (χ0n) is 15.6. The lowest BCUT2D eigenvalue weighted by molar-refractivity contribution is 0.0511. The lowest BCUT2D eigenvalue weighted by Crippen LogP contribution is -2.37. The Labute approximate surface area is 177 Å². The van der Waals surface area contributed by atoms with Crippen LogP contribution >= 0.6 is 22.6 Å². The van der Waals surface area contributed by atoms with Gasteiger partial charge in [0.25, 0.3) is 0 Å². The molecule has 8 heteroatoms. The van der Waals surface area contributed by atoms with E-state index in [0.717, 1.165) is 51.2 Å². The maximum absolute atomic E-state index is 5.57. The van der Waals surface area contributed by atoms with Crippen molar-refractivity contribution in [1.29, 1.82) is 0 Å². The van der Waals surface area contributed by atoms with Crippen LogP contribution in [0.25, 0.3) is 22.4 Å². The summed E-state index contributed by atoms with van der Waals surface area (Å²) in [5.74, 6) is 2.23. The van der Waals surface area contributed by atoms with Crippen LogP contribution in [0, 0.1) is 0 Å². The van der Waals surface area contributed by atoms with Crippen LogP contribution in [0.2, 0.25) is 0 Å². The molecule has 1 aromatic carbocycles. The number of pyridine rings is 1. The lowest BCUT2D eigenvalue weighted by atomic mass is 10.2. The highest BCUT2D eigenvalue weighted by Crippen LogP contribution is 2.29. The minimum atomic E-state index is 0.198. The predicted octanol–water partition coefficient (Wildman–Crippen LogP) is 3.45. The highest BCUT2D eigenvalue weighted by Gasteiger charge is 2.19. The summed E-state index contributed by atoms with van der Waals surface area (Å²) in [6.45, 7) is 3.15. The van der Waals surface area contributed by atoms with E-state index in [1.54, 1.807) is 7.11 Å². The van der Waals surface area contributed by atoms with Gasteiger partial charge in [-0.25, -0.2) is 9.97 Å². The van der Waals surface area contributed by atoms with Gasteiger partial charge in [0.15, 0.2) is 18.4 Å². The second-order valence-electron chi connectivity index (χ2n) is 6.39. The minimum absolute atomic E-state index is 0.198. The third-order valence-corrected chi connectivity index (χ3v) is 5.36. The van der Waals surface area contributed by atoms with Crippen LogP contribution in [0.4, 0.5) is 5.82 Å². The van der Waals surface area contributed by atoms with E-state index in [0.29, 0.717) is 19.0 Å². The third kappa shape index (κ3) is 4.18. The molecule has 0 atom stereocenters. The second-order valence-corrected chi connectivity index (χ2v) is 7.16. The summed E-state index contributed by atoms with van der Waals surface area (Å²) < 4.78 is 16.9. The fourth-order valence-corrected chi connectivity index (χ4v) is 3.51. The molecule has 3 aromatic rings. The molecule has 1 aliphatic rings. The Morgan fingerprint density at radius 1 is 1.18 bits per heavy atom. The van der Waals surface area contributed by atoms with Gasteiger partial charge in [0.2, 0.25) is 0 Å². The molecule has 1 fully saturated rings. The second kappa shape index (κ2) is 8.97. The summed E-state index contributed by atoms with van der Waals surface area (Å²) in [5.41, 5.74) is 3.71. The van der Waals surface area contributed by atoms with Gasteiger partial charge in [0, 0.05) is 36.4 Å². The summed E-state index contributed by atoms with van der Waals surface area (Å²) in [6.07, 6.45) is 1.90. The standard InChI is InChI=1S/C20H21IN4O3/c1-26-13-28-16-4-2-3-15(10-16)19-23-17-9-14(11-21)12-22-18(17)20(24-19)25-5-7-27-8-6-25/h2-4,9-10,12H,5-8,11,13H2,1H3. The predicted molar refractivity (Wildman–Crippen MR) is 116 cm³/mol. The Bertz CT molecular complexity index is 963. The summed E-state index contributed by atoms with van der Waals surface area (Å²) in [5, 5.41) is 0. The van der Waals surface area contributed by atoms with Crippen molar-refractivity contribution in [3.63, 3.8) is 0 Å². The summed E-state index contributed by atoms with van der Waals surface area (Å²) in [6, 6.07) is 9.83. The number of alkyl halides is 1. The lowest BCUT2D eigenvalue weighted by Gasteiger charge is -2.28. The molecule has 0 unspecified atom stereocenters. The third-order valence-electron chi connectivity index (χ3n) is 4.47. The molecule has 1 saturated heterocycles. The first-order chi connectivity index (χ1) is 13.8. The van der Waals surface area contributed by atoms with E-state index in [2.05, 4.69) is 38.5 Å². The first-order valence-electron chi connectivity index (χ1n) is 9.06. The van der Waals surface area contributed by atoms with Crippen molar-refractivity contribution in [2.45, 2.75) is 4.43 Å². The number of benzene rings is 1. The van der Waals surface area contributed by atoms with Gasteiger partial charge in [0.1, 0.15) is 11.3 Å². The Kier molecular flexibility index (Phi) is 6.18. The number of aromatic nitrogens is 3. The molecule has 0 radical (unpaired) electrons. The van der Waals surface area contributed by atoms with E-state index in [9.17, 15) is 0 Å². The highest BCUT2D eigenvalue weighted by molar-refractivity contribution is 14.1. The van der Waals surface area contributed by atoms with Gasteiger partial charge in [-0.1, -0.05) is 34.7 Å². The van der Waals surface area contributed by atoms with E-state index < -0.39 is 0 Å². The van der Waals surface area contributed by atoms with Crippen molar-refractivity contribution in [2.75, 3.05) is 45.1 Å². The largest absolute Gasteiger partial charge is 0.468 e. The molecule has 2 aromatic heterocycles. The highest BCUT2D eigenvalue weighted by atomic mass is 127. The molecule has 0 aliphatic carbocycles. The van der Waals surface area contributed by atoms with Crippen LogP contribution in [0.1, 0.15) is 5.56 Å². The topological polar surface area (TPSA) is 69.6 Å². The van der Waals surface area contributed by atoms with Crippen molar-refractivity contribution < 1.29 is 14.2 Å². The first kappa shape index (κ1) is 19.3. The number of fused-ring (bicyclic) bond motifs is 1. The normalized spacial score (nSPS) is 14.4. The first-order valence-corrected chi connectivity index (χ1v) is 10.6. The smallest absolute Gasteiger partial charge is 0.188 e. The quantitative estimate of drug-likeness (QED) is 0.297. The van der Waals surface area contributed by atoms with Gasteiger partial charge in [-0.15, -0.1) is 0 Å². The van der Waals surface area contributed by atoms with Gasteiger partial charge in [-0.05, 0) is 23.8 Å². The minimum Gasteiger partial charge on any atom is -0.468 e. The Balaban J connectivity index is 1.81. The van der Waals surface area contributed by atoms with Crippen molar-refractivity contribution in [3.05, 3.63) is 42.1 Å². The number of halogens is 1. The van der Waals surface area contributed by atoms with Gasteiger partial charge in [-0.3, -0.25) is 4.98 Å². The number of hydrogen-bond donors (Lipinski definition) is 0. The fourth-order valence-electron chi connectivity index (χ4n) is 3.09. The van der Waals surface area contributed by atoms with E-state index in [1.807, 2.05) is 30.5 Å². The van der Waals surface area contributed by atoms with E-state index in [1.165, 1.54) is 0 Å². The van der Waals surface area contributed by atoms with Crippen molar-refractivity contribution in [2.24, 2.45) is 0 Å². The van der Waals surface area contributed by atoms with Gasteiger partial charge < -0.3 is 19.1 Å². The SMILES string of the molecule is COCOc1cccc(-c2nc(N3CCOCC3)c3ncc(CI)cc3n2)c1. The van der Waals surface area contributed by atoms with Crippen LogP contribution in [0.15, 0.2) is 36.5 Å². The Morgan fingerprint density at radius 2 is 2.04 bits per heavy atom. The molecular formula is C20H21IN4O3. The van der Waals surface area contributed by atoms with Crippen LogP contribution in [0.3, 0.4) is 0 Å². The van der Waals surface area contributed by atoms with Gasteiger partial charge >= 0.3 is 0 Å². The molecule has 28 heavy (non-hydrogen) atoms. The van der Waals surface area contributed by atoms with E-state index in [4.69, 9.17) is 24.2 Å². The number of morpholine rings is 1. The van der Waals surface area contributed by atoms with Gasteiger partial charge in [-0.2, -0.15) is 0 Å². The Hall–Kier alpha value is -2.04. The maximum Gasteiger partial charge on any atom is 0.188 e. The Morgan fingerprint density at radius 3 is 2.82 bits per heavy atom. The number of nitrogens with zero attached hydrogens (tertiary/aromatic N) is 4. The molecule has 0 bridgehead atoms. The maximum atomic E-state index is 5.57. The van der Waals surface area contributed by atoms with E-state index in [-0.39, 0.29) is 6.79 Å². The van der Waals surface area contributed by atoms with Crippen molar-refractivity contribution >= 4 is 39.4 Å². The number of rotatable bonds is 6. The molecule has 4 rings (SSSR count). The van der Waals surface area contributed by atoms with Crippen molar-refractivity contribution in [1.82, 2.24) is 15.0 Å². The molecule has 0 N–H and O–H groups in total. The van der Waals surface area contributed by atoms with Crippen LogP contribution in [-0.4, -0.2) is 55.2 Å². The molecule has 7 nitrogen and oxygen atoms in total. The molecule has 1 aliphatic heterocycles. The van der Waals surface area contributed by atoms with Crippen LogP contribution in [0.5, 0.6) is 5.75 Å². The summed E-state index contributed by atoms with van der Waals surface area (Å²) in [4.78, 5) is 16.6. The number of methoxy groups -OCH3 is 1. The number of ether oxygens (including phenoxy) is 3. The number of hydrogen-bond acceptors (Lipinski definition) is 7. The summed E-state index contributed by atoms with van der Waals surface area (Å²) in [7, 11) is 1.60. The fraction of sp³-hybridized carbons (Fsp3) is 0.350. The average molecular weight is 492 g/mol. The molecule has 3 heterocycles. The zero-order valence-corrected chi connectivity index (χ0v) is 17.8. The molecule has 146 valence electrons. The van der Waals surface area contributed by atoms with Crippen LogP contribution < -0.4 is 9.64 Å². The molecule has 0 amide bonds. The molecule has 0 spiro atoms. The van der Waals surface area contributed by atoms with Crippen molar-refractivity contribution in [3.8, 4) is 17.1 Å². The van der Waals surface area contributed by atoms with Crippen LogP contribution in [-0.2, 0) is 13.9 Å². The molecule has 0 saturated carbocycles. The molecular weight excluding hydrogens is 471 g/mol.